The minimum absolute atomic E-state index is 0.130. The van der Waals surface area contributed by atoms with Gasteiger partial charge >= 0.3 is 0 Å². The summed E-state index contributed by atoms with van der Waals surface area (Å²) >= 11 is 0. The predicted octanol–water partition coefficient (Wildman–Crippen LogP) is 3.90. The smallest absolute Gasteiger partial charge is 0.249 e. The van der Waals surface area contributed by atoms with Crippen LogP contribution in [0.5, 0.6) is 5.75 Å². The number of amides is 1. The van der Waals surface area contributed by atoms with Gasteiger partial charge < -0.3 is 15.8 Å². The molecular formula is C24H22FN5O2. The molecule has 1 amide bonds. The molecule has 4 aromatic rings. The minimum Gasteiger partial charge on any atom is -0.488 e. The number of hydrogen-bond acceptors (Lipinski definition) is 5. The second kappa shape index (κ2) is 7.96. The summed E-state index contributed by atoms with van der Waals surface area (Å²) in [5.74, 6) is 0.389. The molecule has 5 rings (SSSR count). The molecule has 162 valence electrons. The van der Waals surface area contributed by atoms with Crippen LogP contribution in [0, 0.1) is 12.7 Å². The number of halogens is 1. The second-order valence-corrected chi connectivity index (χ2v) is 7.81. The molecule has 3 N–H and O–H groups in total. The Bertz CT molecular complexity index is 1330. The summed E-state index contributed by atoms with van der Waals surface area (Å²) in [5.41, 5.74) is 8.77. The minimum atomic E-state index is -0.684. The molecule has 0 saturated carbocycles. The first-order chi connectivity index (χ1) is 15.5. The first kappa shape index (κ1) is 20.0. The van der Waals surface area contributed by atoms with E-state index in [2.05, 4.69) is 5.32 Å². The molecule has 32 heavy (non-hydrogen) atoms. The third-order valence-corrected chi connectivity index (χ3v) is 5.57. The van der Waals surface area contributed by atoms with E-state index in [9.17, 15) is 9.18 Å². The van der Waals surface area contributed by atoms with Crippen molar-refractivity contribution >= 4 is 22.6 Å². The van der Waals surface area contributed by atoms with Gasteiger partial charge in [0, 0.05) is 17.6 Å². The van der Waals surface area contributed by atoms with E-state index >= 15 is 0 Å². The molecule has 2 aromatic carbocycles. The highest BCUT2D eigenvalue weighted by Gasteiger charge is 2.23. The van der Waals surface area contributed by atoms with Crippen LogP contribution in [-0.4, -0.2) is 27.0 Å². The normalized spacial score (nSPS) is 12.9. The zero-order valence-corrected chi connectivity index (χ0v) is 17.6. The Kier molecular flexibility index (Phi) is 4.97. The summed E-state index contributed by atoms with van der Waals surface area (Å²) in [6.07, 6.45) is 1.61. The van der Waals surface area contributed by atoms with Crippen LogP contribution in [0.25, 0.3) is 16.9 Å². The molecule has 8 heteroatoms. The van der Waals surface area contributed by atoms with E-state index < -0.39 is 11.7 Å². The maximum Gasteiger partial charge on any atom is 0.249 e. The number of nitrogens with two attached hydrogens (primary N) is 1. The van der Waals surface area contributed by atoms with E-state index in [1.807, 2.05) is 37.3 Å². The number of anilines is 1. The van der Waals surface area contributed by atoms with Gasteiger partial charge in [0.25, 0.3) is 0 Å². The van der Waals surface area contributed by atoms with E-state index in [-0.39, 0.29) is 5.56 Å². The number of ether oxygens (including phenoxy) is 1. The fourth-order valence-corrected chi connectivity index (χ4v) is 4.09. The monoisotopic (exact) mass is 431 g/mol. The molecule has 7 nitrogen and oxygen atoms in total. The summed E-state index contributed by atoms with van der Waals surface area (Å²) in [7, 11) is 0. The van der Waals surface area contributed by atoms with Crippen LogP contribution in [-0.2, 0) is 13.0 Å². The summed E-state index contributed by atoms with van der Waals surface area (Å²) in [5, 5.41) is 3.93. The Hall–Kier alpha value is -3.94. The molecule has 1 aliphatic rings. The first-order valence-electron chi connectivity index (χ1n) is 10.4. The van der Waals surface area contributed by atoms with Crippen LogP contribution in [0.4, 0.5) is 10.2 Å². The molecular weight excluding hydrogens is 409 g/mol. The lowest BCUT2D eigenvalue weighted by Crippen LogP contribution is -2.17. The van der Waals surface area contributed by atoms with E-state index in [0.717, 1.165) is 35.9 Å². The fraction of sp³-hybridized carbons (Fsp3) is 0.208. The Labute approximate surface area is 184 Å². The van der Waals surface area contributed by atoms with Crippen LogP contribution in [0.1, 0.15) is 33.7 Å². The SMILES string of the molecule is Cc1cc2c(C(N)=O)cc(F)cc2n1-c1nc2c(c(NCc3ccccc3)n1)OCCC2. The van der Waals surface area contributed by atoms with Crippen molar-refractivity contribution in [1.82, 2.24) is 14.5 Å². The largest absolute Gasteiger partial charge is 0.488 e. The van der Waals surface area contributed by atoms with Gasteiger partial charge in [-0.05, 0) is 43.5 Å². The average Bonchev–Trinajstić information content (AvgIpc) is 3.12. The van der Waals surface area contributed by atoms with Crippen LogP contribution >= 0.6 is 0 Å². The fourth-order valence-electron chi connectivity index (χ4n) is 4.09. The van der Waals surface area contributed by atoms with E-state index in [1.54, 1.807) is 10.6 Å². The van der Waals surface area contributed by atoms with Crippen LogP contribution < -0.4 is 15.8 Å². The molecule has 0 saturated heterocycles. The highest BCUT2D eigenvalue weighted by Crippen LogP contribution is 2.33. The Morgan fingerprint density at radius 3 is 2.81 bits per heavy atom. The lowest BCUT2D eigenvalue weighted by molar-refractivity contribution is 0.100. The van der Waals surface area contributed by atoms with Crippen LogP contribution in [0.2, 0.25) is 0 Å². The van der Waals surface area contributed by atoms with Crippen molar-refractivity contribution < 1.29 is 13.9 Å². The van der Waals surface area contributed by atoms with Gasteiger partial charge in [0.1, 0.15) is 5.82 Å². The molecule has 1 aliphatic heterocycles. The standard InChI is InChI=1S/C24H22FN5O2/c1-14-10-17-18(22(26)31)11-16(25)12-20(17)30(14)24-28-19-8-5-9-32-21(19)23(29-24)27-13-15-6-3-2-4-7-15/h2-4,6-7,10-12H,5,8-9,13H2,1H3,(H2,26,31)(H,27,28,29). The molecule has 0 aliphatic carbocycles. The number of carbonyl (C=O) groups excluding carboxylic acids is 1. The zero-order valence-electron chi connectivity index (χ0n) is 17.6. The number of benzene rings is 2. The van der Waals surface area contributed by atoms with Gasteiger partial charge in [0.05, 0.1) is 23.4 Å². The Morgan fingerprint density at radius 1 is 1.22 bits per heavy atom. The summed E-state index contributed by atoms with van der Waals surface area (Å²) in [6, 6.07) is 14.3. The Balaban J connectivity index is 1.65. The molecule has 0 unspecified atom stereocenters. The highest BCUT2D eigenvalue weighted by molar-refractivity contribution is 6.06. The molecule has 0 bridgehead atoms. The third-order valence-electron chi connectivity index (χ3n) is 5.57. The zero-order chi connectivity index (χ0) is 22.2. The molecule has 0 fully saturated rings. The predicted molar refractivity (Wildman–Crippen MR) is 120 cm³/mol. The van der Waals surface area contributed by atoms with Gasteiger partial charge in [-0.15, -0.1) is 0 Å². The van der Waals surface area contributed by atoms with E-state index in [4.69, 9.17) is 20.4 Å². The van der Waals surface area contributed by atoms with Crippen molar-refractivity contribution in [1.29, 1.82) is 0 Å². The van der Waals surface area contributed by atoms with E-state index in [1.165, 1.54) is 6.07 Å². The maximum atomic E-state index is 14.3. The number of carbonyl (C=O) groups is 1. The highest BCUT2D eigenvalue weighted by atomic mass is 19.1. The lowest BCUT2D eigenvalue weighted by Gasteiger charge is -2.21. The van der Waals surface area contributed by atoms with E-state index in [0.29, 0.717) is 41.6 Å². The number of fused-ring (bicyclic) bond motifs is 2. The van der Waals surface area contributed by atoms with Crippen LogP contribution in [0.15, 0.2) is 48.5 Å². The van der Waals surface area contributed by atoms with Gasteiger partial charge in [0.2, 0.25) is 11.9 Å². The maximum absolute atomic E-state index is 14.3. The van der Waals surface area contributed by atoms with Gasteiger partial charge in [-0.2, -0.15) is 4.98 Å². The van der Waals surface area contributed by atoms with Crippen molar-refractivity contribution in [3.8, 4) is 11.7 Å². The average molecular weight is 431 g/mol. The summed E-state index contributed by atoms with van der Waals surface area (Å²) in [4.78, 5) is 21.3. The van der Waals surface area contributed by atoms with Crippen molar-refractivity contribution in [2.24, 2.45) is 5.73 Å². The van der Waals surface area contributed by atoms with Crippen molar-refractivity contribution in [3.05, 3.63) is 76.9 Å². The first-order valence-corrected chi connectivity index (χ1v) is 10.4. The number of nitrogens with zero attached hydrogens (tertiary/aromatic N) is 3. The lowest BCUT2D eigenvalue weighted by atomic mass is 10.1. The number of primary amides is 1. The van der Waals surface area contributed by atoms with Gasteiger partial charge in [0.15, 0.2) is 11.6 Å². The number of aromatic nitrogens is 3. The topological polar surface area (TPSA) is 95.1 Å². The number of rotatable bonds is 5. The van der Waals surface area contributed by atoms with Crippen molar-refractivity contribution in [3.63, 3.8) is 0 Å². The summed E-state index contributed by atoms with van der Waals surface area (Å²) < 4.78 is 22.0. The molecule has 0 spiro atoms. The van der Waals surface area contributed by atoms with Crippen molar-refractivity contribution in [2.45, 2.75) is 26.3 Å². The molecule has 0 radical (unpaired) electrons. The summed E-state index contributed by atoms with van der Waals surface area (Å²) in [6.45, 7) is 3.03. The quantitative estimate of drug-likeness (QED) is 0.500. The molecule has 0 atom stereocenters. The Morgan fingerprint density at radius 2 is 2.03 bits per heavy atom. The number of aryl methyl sites for hydroxylation is 2. The number of hydrogen-bond donors (Lipinski definition) is 2. The number of nitrogens with one attached hydrogen (secondary N) is 1. The molecule has 2 aromatic heterocycles. The third kappa shape index (κ3) is 3.53. The van der Waals surface area contributed by atoms with Gasteiger partial charge in [-0.3, -0.25) is 9.36 Å². The molecule has 3 heterocycles. The second-order valence-electron chi connectivity index (χ2n) is 7.81. The van der Waals surface area contributed by atoms with Gasteiger partial charge in [-0.25, -0.2) is 9.37 Å². The van der Waals surface area contributed by atoms with Crippen molar-refractivity contribution in [2.75, 3.05) is 11.9 Å². The van der Waals surface area contributed by atoms with Gasteiger partial charge in [-0.1, -0.05) is 30.3 Å². The van der Waals surface area contributed by atoms with Crippen LogP contribution in [0.3, 0.4) is 0 Å².